The van der Waals surface area contributed by atoms with E-state index in [1.807, 2.05) is 7.05 Å². The van der Waals surface area contributed by atoms with Crippen molar-refractivity contribution in [2.24, 2.45) is 5.92 Å². The van der Waals surface area contributed by atoms with Crippen LogP contribution in [0.15, 0.2) is 0 Å². The Hall–Kier alpha value is -0.610. The molecule has 0 aromatic rings. The molecule has 0 radical (unpaired) electrons. The fraction of sp³-hybridized carbons (Fsp3) is 0.923. The number of nitrogens with zero attached hydrogens (tertiary/aromatic N) is 1. The quantitative estimate of drug-likeness (QED) is 0.772. The Labute approximate surface area is 104 Å². The van der Waals surface area contributed by atoms with Gasteiger partial charge in [-0.25, -0.2) is 0 Å². The second-order valence-electron chi connectivity index (χ2n) is 5.51. The lowest BCUT2D eigenvalue weighted by Crippen LogP contribution is -2.47. The summed E-state index contributed by atoms with van der Waals surface area (Å²) in [5.41, 5.74) is -0.690. The van der Waals surface area contributed by atoms with Gasteiger partial charge in [-0.3, -0.25) is 4.79 Å². The maximum atomic E-state index is 10.9. The molecule has 0 bridgehead atoms. The van der Waals surface area contributed by atoms with Crippen molar-refractivity contribution in [3.8, 4) is 0 Å². The van der Waals surface area contributed by atoms with Crippen LogP contribution in [0.4, 0.5) is 0 Å². The lowest BCUT2D eigenvalue weighted by Gasteiger charge is -2.39. The standard InChI is InChI=1S/C13H25NO3/c1-4-10(2)14(3)9-13(17)7-5-11(6-8-13)12(15)16/h10-11,17H,4-9H2,1-3H3,(H,15,16). The zero-order valence-electron chi connectivity index (χ0n) is 11.1. The lowest BCUT2D eigenvalue weighted by atomic mass is 9.78. The fourth-order valence-corrected chi connectivity index (χ4v) is 2.49. The van der Waals surface area contributed by atoms with Gasteiger partial charge in [0.05, 0.1) is 11.5 Å². The average Bonchev–Trinajstić information content (AvgIpc) is 2.27. The van der Waals surface area contributed by atoms with E-state index in [2.05, 4.69) is 18.7 Å². The third kappa shape index (κ3) is 3.96. The number of carboxylic acid groups (broad SMARTS) is 1. The van der Waals surface area contributed by atoms with Crippen molar-refractivity contribution in [3.63, 3.8) is 0 Å². The number of rotatable bonds is 5. The lowest BCUT2D eigenvalue weighted by molar-refractivity contribution is -0.145. The van der Waals surface area contributed by atoms with Gasteiger partial charge >= 0.3 is 5.97 Å². The summed E-state index contributed by atoms with van der Waals surface area (Å²) >= 11 is 0. The average molecular weight is 243 g/mol. The molecule has 1 aliphatic carbocycles. The van der Waals surface area contributed by atoms with Crippen molar-refractivity contribution < 1.29 is 15.0 Å². The summed E-state index contributed by atoms with van der Waals surface area (Å²) in [5.74, 6) is -0.980. The van der Waals surface area contributed by atoms with Crippen molar-refractivity contribution in [3.05, 3.63) is 0 Å². The van der Waals surface area contributed by atoms with Gasteiger partial charge in [-0.05, 0) is 46.1 Å². The summed E-state index contributed by atoms with van der Waals surface area (Å²) in [4.78, 5) is 13.0. The van der Waals surface area contributed by atoms with Gasteiger partial charge < -0.3 is 15.1 Å². The van der Waals surface area contributed by atoms with E-state index in [4.69, 9.17) is 5.11 Å². The van der Waals surface area contributed by atoms with E-state index < -0.39 is 11.6 Å². The minimum atomic E-state index is -0.720. The van der Waals surface area contributed by atoms with Crippen LogP contribution >= 0.6 is 0 Å². The van der Waals surface area contributed by atoms with Gasteiger partial charge in [-0.1, -0.05) is 6.92 Å². The Balaban J connectivity index is 2.47. The fourth-order valence-electron chi connectivity index (χ4n) is 2.49. The largest absolute Gasteiger partial charge is 0.481 e. The molecule has 0 amide bonds. The molecule has 1 saturated carbocycles. The molecule has 0 aromatic carbocycles. The molecule has 1 rings (SSSR count). The Kier molecular flexibility index (Phi) is 4.95. The first kappa shape index (κ1) is 14.5. The SMILES string of the molecule is CCC(C)N(C)CC1(O)CCC(C(=O)O)CC1. The summed E-state index contributed by atoms with van der Waals surface area (Å²) in [5, 5.41) is 19.4. The zero-order valence-corrected chi connectivity index (χ0v) is 11.1. The summed E-state index contributed by atoms with van der Waals surface area (Å²) in [7, 11) is 2.02. The Bertz CT molecular complexity index is 259. The maximum absolute atomic E-state index is 10.9. The third-order valence-electron chi connectivity index (χ3n) is 4.15. The molecule has 0 aliphatic heterocycles. The second-order valence-corrected chi connectivity index (χ2v) is 5.51. The van der Waals surface area contributed by atoms with Gasteiger partial charge in [0.1, 0.15) is 0 Å². The highest BCUT2D eigenvalue weighted by atomic mass is 16.4. The van der Waals surface area contributed by atoms with E-state index >= 15 is 0 Å². The van der Waals surface area contributed by atoms with E-state index in [0.29, 0.717) is 38.3 Å². The first-order chi connectivity index (χ1) is 7.88. The predicted octanol–water partition coefficient (Wildman–Crippen LogP) is 1.72. The number of likely N-dealkylation sites (N-methyl/N-ethyl adjacent to an activating group) is 1. The van der Waals surface area contributed by atoms with Crippen LogP contribution < -0.4 is 0 Å². The molecule has 1 unspecified atom stereocenters. The van der Waals surface area contributed by atoms with Crippen LogP contribution in [0.1, 0.15) is 46.0 Å². The van der Waals surface area contributed by atoms with Gasteiger partial charge in [0, 0.05) is 12.6 Å². The molecule has 1 fully saturated rings. The van der Waals surface area contributed by atoms with Crippen molar-refractivity contribution >= 4 is 5.97 Å². The Morgan fingerprint density at radius 3 is 2.41 bits per heavy atom. The Morgan fingerprint density at radius 1 is 1.47 bits per heavy atom. The van der Waals surface area contributed by atoms with Crippen molar-refractivity contribution in [2.45, 2.75) is 57.6 Å². The number of aliphatic carboxylic acids is 1. The smallest absolute Gasteiger partial charge is 0.306 e. The van der Waals surface area contributed by atoms with E-state index in [9.17, 15) is 9.90 Å². The summed E-state index contributed by atoms with van der Waals surface area (Å²) in [6, 6.07) is 0.455. The molecule has 0 heterocycles. The van der Waals surface area contributed by atoms with Crippen LogP contribution in [-0.4, -0.2) is 46.3 Å². The van der Waals surface area contributed by atoms with Crippen LogP contribution in [0.5, 0.6) is 0 Å². The van der Waals surface area contributed by atoms with Gasteiger partial charge in [-0.2, -0.15) is 0 Å². The second kappa shape index (κ2) is 5.83. The highest BCUT2D eigenvalue weighted by Gasteiger charge is 2.36. The normalized spacial score (nSPS) is 31.5. The number of carboxylic acids is 1. The number of carbonyl (C=O) groups is 1. The highest BCUT2D eigenvalue weighted by Crippen LogP contribution is 2.33. The van der Waals surface area contributed by atoms with Crippen LogP contribution in [0.2, 0.25) is 0 Å². The number of aliphatic hydroxyl groups is 1. The summed E-state index contributed by atoms with van der Waals surface area (Å²) in [6.07, 6.45) is 3.46. The van der Waals surface area contributed by atoms with Gasteiger partial charge in [0.25, 0.3) is 0 Å². The van der Waals surface area contributed by atoms with Gasteiger partial charge in [-0.15, -0.1) is 0 Å². The molecule has 100 valence electrons. The van der Waals surface area contributed by atoms with E-state index in [1.165, 1.54) is 0 Å². The molecular formula is C13H25NO3. The molecule has 1 aliphatic rings. The summed E-state index contributed by atoms with van der Waals surface area (Å²) in [6.45, 7) is 4.92. The Morgan fingerprint density at radius 2 is 2.00 bits per heavy atom. The van der Waals surface area contributed by atoms with Crippen molar-refractivity contribution in [1.29, 1.82) is 0 Å². The highest BCUT2D eigenvalue weighted by molar-refractivity contribution is 5.70. The van der Waals surface area contributed by atoms with Crippen LogP contribution in [0.25, 0.3) is 0 Å². The zero-order chi connectivity index (χ0) is 13.1. The number of hydrogen-bond donors (Lipinski definition) is 2. The number of hydrogen-bond acceptors (Lipinski definition) is 3. The summed E-state index contributed by atoms with van der Waals surface area (Å²) < 4.78 is 0. The minimum absolute atomic E-state index is 0.260. The van der Waals surface area contributed by atoms with E-state index in [-0.39, 0.29) is 5.92 Å². The van der Waals surface area contributed by atoms with Crippen LogP contribution in [-0.2, 0) is 4.79 Å². The predicted molar refractivity (Wildman–Crippen MR) is 66.9 cm³/mol. The molecule has 17 heavy (non-hydrogen) atoms. The van der Waals surface area contributed by atoms with Gasteiger partial charge in [0.2, 0.25) is 0 Å². The first-order valence-electron chi connectivity index (χ1n) is 6.53. The van der Waals surface area contributed by atoms with E-state index in [1.54, 1.807) is 0 Å². The molecule has 0 aromatic heterocycles. The van der Waals surface area contributed by atoms with Gasteiger partial charge in [0.15, 0.2) is 0 Å². The van der Waals surface area contributed by atoms with Crippen molar-refractivity contribution in [1.82, 2.24) is 4.90 Å². The van der Waals surface area contributed by atoms with E-state index in [0.717, 1.165) is 6.42 Å². The molecule has 4 heteroatoms. The molecular weight excluding hydrogens is 218 g/mol. The maximum Gasteiger partial charge on any atom is 0.306 e. The monoisotopic (exact) mass is 243 g/mol. The molecule has 2 N–H and O–H groups in total. The molecule has 4 nitrogen and oxygen atoms in total. The van der Waals surface area contributed by atoms with Crippen LogP contribution in [0.3, 0.4) is 0 Å². The topological polar surface area (TPSA) is 60.8 Å². The molecule has 0 saturated heterocycles. The third-order valence-corrected chi connectivity index (χ3v) is 4.15. The first-order valence-corrected chi connectivity index (χ1v) is 6.53. The van der Waals surface area contributed by atoms with Crippen LogP contribution in [0, 0.1) is 5.92 Å². The molecule has 0 spiro atoms. The minimum Gasteiger partial charge on any atom is -0.481 e. The molecule has 1 atom stereocenters. The van der Waals surface area contributed by atoms with Crippen molar-refractivity contribution in [2.75, 3.05) is 13.6 Å².